The summed E-state index contributed by atoms with van der Waals surface area (Å²) in [7, 11) is 0. The number of hydrogen-bond donors (Lipinski definition) is 2. The first-order valence-corrected chi connectivity index (χ1v) is 6.68. The highest BCUT2D eigenvalue weighted by molar-refractivity contribution is 5.99. The van der Waals surface area contributed by atoms with Gasteiger partial charge in [-0.15, -0.1) is 0 Å². The van der Waals surface area contributed by atoms with Crippen LogP contribution < -0.4 is 10.6 Å². The third kappa shape index (κ3) is 2.95. The van der Waals surface area contributed by atoms with Crippen LogP contribution in [0.25, 0.3) is 0 Å². The molecule has 2 rings (SSSR count). The summed E-state index contributed by atoms with van der Waals surface area (Å²) in [5.41, 5.74) is 3.05. The van der Waals surface area contributed by atoms with Gasteiger partial charge in [-0.3, -0.25) is 9.59 Å². The van der Waals surface area contributed by atoms with Crippen LogP contribution in [0.3, 0.4) is 0 Å². The maximum Gasteiger partial charge on any atom is 0.246 e. The monoisotopic (exact) mass is 260 g/mol. The van der Waals surface area contributed by atoms with E-state index in [2.05, 4.69) is 24.5 Å². The minimum absolute atomic E-state index is 0.0472. The number of aryl methyl sites for hydroxylation is 1. The van der Waals surface area contributed by atoms with Gasteiger partial charge in [0.15, 0.2) is 0 Å². The molecule has 1 saturated heterocycles. The number of rotatable bonds is 3. The van der Waals surface area contributed by atoms with E-state index in [1.807, 2.05) is 25.1 Å². The third-order valence-electron chi connectivity index (χ3n) is 3.49. The van der Waals surface area contributed by atoms with Crippen LogP contribution in [0.2, 0.25) is 0 Å². The predicted octanol–water partition coefficient (Wildman–Crippen LogP) is 2.34. The van der Waals surface area contributed by atoms with Crippen LogP contribution >= 0.6 is 0 Å². The molecule has 0 aromatic heterocycles. The van der Waals surface area contributed by atoms with Crippen molar-refractivity contribution in [1.82, 2.24) is 5.32 Å². The van der Waals surface area contributed by atoms with E-state index >= 15 is 0 Å². The van der Waals surface area contributed by atoms with Crippen molar-refractivity contribution in [2.24, 2.45) is 0 Å². The van der Waals surface area contributed by atoms with Gasteiger partial charge in [-0.05, 0) is 30.4 Å². The predicted molar refractivity (Wildman–Crippen MR) is 75.1 cm³/mol. The summed E-state index contributed by atoms with van der Waals surface area (Å²) in [6, 6.07) is 5.61. The molecule has 19 heavy (non-hydrogen) atoms. The molecular weight excluding hydrogens is 240 g/mol. The van der Waals surface area contributed by atoms with Crippen LogP contribution in [-0.2, 0) is 9.59 Å². The van der Waals surface area contributed by atoms with Gasteiger partial charge in [0.25, 0.3) is 0 Å². The molecular formula is C15H20N2O2. The smallest absolute Gasteiger partial charge is 0.246 e. The van der Waals surface area contributed by atoms with Gasteiger partial charge in [0.2, 0.25) is 11.8 Å². The molecule has 102 valence electrons. The summed E-state index contributed by atoms with van der Waals surface area (Å²) in [6.45, 7) is 6.18. The molecule has 1 atom stereocenters. The number of para-hydroxylation sites is 1. The number of anilines is 1. The minimum Gasteiger partial charge on any atom is -0.344 e. The Morgan fingerprint density at radius 2 is 2.16 bits per heavy atom. The number of benzene rings is 1. The second-order valence-electron chi connectivity index (χ2n) is 5.34. The van der Waals surface area contributed by atoms with E-state index in [1.165, 1.54) is 0 Å². The molecule has 2 N–H and O–H groups in total. The summed E-state index contributed by atoms with van der Waals surface area (Å²) < 4.78 is 0. The van der Waals surface area contributed by atoms with Gasteiger partial charge in [-0.25, -0.2) is 0 Å². The largest absolute Gasteiger partial charge is 0.344 e. The molecule has 0 bridgehead atoms. The molecule has 1 aromatic carbocycles. The van der Waals surface area contributed by atoms with Crippen molar-refractivity contribution in [2.45, 2.75) is 45.6 Å². The third-order valence-corrected chi connectivity index (χ3v) is 3.49. The van der Waals surface area contributed by atoms with Crippen LogP contribution in [0.1, 0.15) is 43.7 Å². The maximum atomic E-state index is 12.2. The van der Waals surface area contributed by atoms with Crippen molar-refractivity contribution in [1.29, 1.82) is 0 Å². The number of carbonyl (C=O) groups is 2. The van der Waals surface area contributed by atoms with E-state index < -0.39 is 6.04 Å². The standard InChI is InChI=1S/C15H20N2O2/c1-9(2)11-6-4-5-10(3)14(11)17-15(19)12-7-8-13(18)16-12/h4-6,9,12H,7-8H2,1-3H3,(H,16,18)(H,17,19). The topological polar surface area (TPSA) is 58.2 Å². The van der Waals surface area contributed by atoms with Gasteiger partial charge in [-0.2, -0.15) is 0 Å². The lowest BCUT2D eigenvalue weighted by Gasteiger charge is -2.18. The fraction of sp³-hybridized carbons (Fsp3) is 0.467. The minimum atomic E-state index is -0.396. The molecule has 1 fully saturated rings. The van der Waals surface area contributed by atoms with Crippen molar-refractivity contribution < 1.29 is 9.59 Å². The number of amides is 2. The fourth-order valence-electron chi connectivity index (χ4n) is 2.36. The summed E-state index contributed by atoms with van der Waals surface area (Å²) in [5, 5.41) is 5.66. The Bertz CT molecular complexity index is 509. The highest BCUT2D eigenvalue weighted by Crippen LogP contribution is 2.27. The molecule has 1 aliphatic heterocycles. The molecule has 4 nitrogen and oxygen atoms in total. The molecule has 1 aromatic rings. The van der Waals surface area contributed by atoms with Crippen LogP contribution in [0.5, 0.6) is 0 Å². The molecule has 1 heterocycles. The number of nitrogens with one attached hydrogen (secondary N) is 2. The summed E-state index contributed by atoms with van der Waals surface area (Å²) in [6.07, 6.45) is 1.01. The van der Waals surface area contributed by atoms with Crippen LogP contribution in [0.4, 0.5) is 5.69 Å². The number of carbonyl (C=O) groups excluding carboxylic acids is 2. The van der Waals surface area contributed by atoms with Gasteiger partial charge in [0.05, 0.1) is 0 Å². The molecule has 4 heteroatoms. The molecule has 0 spiro atoms. The Morgan fingerprint density at radius 3 is 2.74 bits per heavy atom. The van der Waals surface area contributed by atoms with E-state index in [1.54, 1.807) is 0 Å². The van der Waals surface area contributed by atoms with Crippen LogP contribution in [0, 0.1) is 6.92 Å². The lowest BCUT2D eigenvalue weighted by molar-refractivity contribution is -0.122. The summed E-state index contributed by atoms with van der Waals surface area (Å²) in [5.74, 6) is 0.171. The van der Waals surface area contributed by atoms with E-state index in [-0.39, 0.29) is 11.8 Å². The first kappa shape index (κ1) is 13.6. The zero-order chi connectivity index (χ0) is 14.0. The first-order chi connectivity index (χ1) is 8.99. The molecule has 0 radical (unpaired) electrons. The van der Waals surface area contributed by atoms with Crippen molar-refractivity contribution in [3.05, 3.63) is 29.3 Å². The van der Waals surface area contributed by atoms with Crippen LogP contribution in [-0.4, -0.2) is 17.9 Å². The van der Waals surface area contributed by atoms with Crippen molar-refractivity contribution >= 4 is 17.5 Å². The normalized spacial score (nSPS) is 18.5. The zero-order valence-electron chi connectivity index (χ0n) is 11.6. The Labute approximate surface area is 113 Å². The average Bonchev–Trinajstić information content (AvgIpc) is 2.78. The lowest BCUT2D eigenvalue weighted by Crippen LogP contribution is -2.37. The molecule has 0 aliphatic carbocycles. The second-order valence-corrected chi connectivity index (χ2v) is 5.34. The second kappa shape index (κ2) is 5.43. The highest BCUT2D eigenvalue weighted by Gasteiger charge is 2.27. The average molecular weight is 260 g/mol. The van der Waals surface area contributed by atoms with E-state index in [0.29, 0.717) is 18.8 Å². The van der Waals surface area contributed by atoms with Gasteiger partial charge in [-0.1, -0.05) is 32.0 Å². The molecule has 2 amide bonds. The molecule has 1 aliphatic rings. The fourth-order valence-corrected chi connectivity index (χ4v) is 2.36. The van der Waals surface area contributed by atoms with Crippen LogP contribution in [0.15, 0.2) is 18.2 Å². The highest BCUT2D eigenvalue weighted by atomic mass is 16.2. The SMILES string of the molecule is Cc1cccc(C(C)C)c1NC(=O)C1CCC(=O)N1. The maximum absolute atomic E-state index is 12.2. The van der Waals surface area contributed by atoms with Crippen molar-refractivity contribution in [2.75, 3.05) is 5.32 Å². The number of hydrogen-bond acceptors (Lipinski definition) is 2. The Hall–Kier alpha value is -1.84. The molecule has 0 saturated carbocycles. The Kier molecular flexibility index (Phi) is 3.88. The Morgan fingerprint density at radius 1 is 1.42 bits per heavy atom. The van der Waals surface area contributed by atoms with Gasteiger partial charge in [0, 0.05) is 12.1 Å². The quantitative estimate of drug-likeness (QED) is 0.876. The van der Waals surface area contributed by atoms with Gasteiger partial charge >= 0.3 is 0 Å². The summed E-state index contributed by atoms with van der Waals surface area (Å²) >= 11 is 0. The van der Waals surface area contributed by atoms with Gasteiger partial charge in [0.1, 0.15) is 6.04 Å². The van der Waals surface area contributed by atoms with E-state index in [9.17, 15) is 9.59 Å². The first-order valence-electron chi connectivity index (χ1n) is 6.68. The van der Waals surface area contributed by atoms with Crippen molar-refractivity contribution in [3.63, 3.8) is 0 Å². The van der Waals surface area contributed by atoms with E-state index in [0.717, 1.165) is 16.8 Å². The lowest BCUT2D eigenvalue weighted by atomic mass is 9.98. The summed E-state index contributed by atoms with van der Waals surface area (Å²) in [4.78, 5) is 23.3. The Balaban J connectivity index is 2.19. The van der Waals surface area contributed by atoms with E-state index in [4.69, 9.17) is 0 Å². The zero-order valence-corrected chi connectivity index (χ0v) is 11.6. The van der Waals surface area contributed by atoms with Gasteiger partial charge < -0.3 is 10.6 Å². The van der Waals surface area contributed by atoms with Crippen molar-refractivity contribution in [3.8, 4) is 0 Å². The molecule has 1 unspecified atom stereocenters.